The summed E-state index contributed by atoms with van der Waals surface area (Å²) in [7, 11) is 0. The average Bonchev–Trinajstić information content (AvgIpc) is 2.83. The molecule has 1 heterocycles. The maximum Gasteiger partial charge on any atom is 0.106 e. The Bertz CT molecular complexity index is 406. The van der Waals surface area contributed by atoms with E-state index in [1.54, 1.807) is 5.69 Å². The standard InChI is InChI=1S/C20H38N2/c1-6-10-14-18(13-9-4)22-17(5)21-19(15-11-7-2)20(22)16-12-8-3/h18H,6-16H2,1-5H3. The normalized spacial score (nSPS) is 12.8. The summed E-state index contributed by atoms with van der Waals surface area (Å²) in [4.78, 5) is 4.98. The van der Waals surface area contributed by atoms with Gasteiger partial charge < -0.3 is 4.57 Å². The Morgan fingerprint density at radius 3 is 2.05 bits per heavy atom. The Morgan fingerprint density at radius 1 is 0.818 bits per heavy atom. The number of unbranched alkanes of at least 4 members (excludes halogenated alkanes) is 3. The summed E-state index contributed by atoms with van der Waals surface area (Å²) in [5, 5.41) is 0. The highest BCUT2D eigenvalue weighted by atomic mass is 15.1. The highest BCUT2D eigenvalue weighted by molar-refractivity contribution is 5.19. The van der Waals surface area contributed by atoms with Crippen molar-refractivity contribution in [2.24, 2.45) is 0 Å². The van der Waals surface area contributed by atoms with Gasteiger partial charge in [-0.1, -0.05) is 59.8 Å². The van der Waals surface area contributed by atoms with E-state index < -0.39 is 0 Å². The van der Waals surface area contributed by atoms with Crippen LogP contribution in [0.15, 0.2) is 0 Å². The molecule has 0 bridgehead atoms. The Labute approximate surface area is 138 Å². The average molecular weight is 307 g/mol. The summed E-state index contributed by atoms with van der Waals surface area (Å²) in [6.45, 7) is 11.4. The van der Waals surface area contributed by atoms with E-state index in [-0.39, 0.29) is 0 Å². The minimum atomic E-state index is 0.666. The second-order valence-electron chi connectivity index (χ2n) is 6.71. The molecule has 1 aromatic rings. The molecule has 1 unspecified atom stereocenters. The zero-order chi connectivity index (χ0) is 16.4. The van der Waals surface area contributed by atoms with E-state index in [1.165, 1.54) is 75.7 Å². The maximum atomic E-state index is 4.98. The summed E-state index contributed by atoms with van der Waals surface area (Å²) in [6, 6.07) is 0.666. The fourth-order valence-electron chi connectivity index (χ4n) is 3.46. The van der Waals surface area contributed by atoms with Gasteiger partial charge in [0.2, 0.25) is 0 Å². The van der Waals surface area contributed by atoms with Gasteiger partial charge >= 0.3 is 0 Å². The maximum absolute atomic E-state index is 4.98. The zero-order valence-electron chi connectivity index (χ0n) is 15.7. The minimum absolute atomic E-state index is 0.666. The van der Waals surface area contributed by atoms with Crippen molar-refractivity contribution in [2.45, 2.75) is 111 Å². The van der Waals surface area contributed by atoms with Crippen molar-refractivity contribution in [3.05, 3.63) is 17.2 Å². The van der Waals surface area contributed by atoms with Gasteiger partial charge in [-0.15, -0.1) is 0 Å². The molecule has 0 radical (unpaired) electrons. The lowest BCUT2D eigenvalue weighted by atomic mass is 10.0. The Kier molecular flexibility index (Phi) is 9.50. The van der Waals surface area contributed by atoms with Gasteiger partial charge in [0.05, 0.1) is 5.69 Å². The molecule has 0 fully saturated rings. The lowest BCUT2D eigenvalue weighted by Crippen LogP contribution is -2.14. The van der Waals surface area contributed by atoms with Crippen molar-refractivity contribution < 1.29 is 0 Å². The first-order chi connectivity index (χ1) is 10.7. The molecular weight excluding hydrogens is 268 g/mol. The Hall–Kier alpha value is -0.790. The molecular formula is C20H38N2. The quantitative estimate of drug-likeness (QED) is 0.436. The van der Waals surface area contributed by atoms with Crippen LogP contribution in [0.5, 0.6) is 0 Å². The lowest BCUT2D eigenvalue weighted by molar-refractivity contribution is 0.398. The van der Waals surface area contributed by atoms with E-state index >= 15 is 0 Å². The molecule has 0 amide bonds. The first-order valence-corrected chi connectivity index (χ1v) is 9.75. The molecule has 1 atom stereocenters. The van der Waals surface area contributed by atoms with Crippen LogP contribution in [0.25, 0.3) is 0 Å². The van der Waals surface area contributed by atoms with Crippen molar-refractivity contribution in [2.75, 3.05) is 0 Å². The van der Waals surface area contributed by atoms with E-state index in [4.69, 9.17) is 4.98 Å². The van der Waals surface area contributed by atoms with E-state index in [9.17, 15) is 0 Å². The Morgan fingerprint density at radius 2 is 1.45 bits per heavy atom. The molecule has 0 spiro atoms. The van der Waals surface area contributed by atoms with Gasteiger partial charge in [-0.25, -0.2) is 4.98 Å². The fraction of sp³-hybridized carbons (Fsp3) is 0.850. The summed E-state index contributed by atoms with van der Waals surface area (Å²) >= 11 is 0. The van der Waals surface area contributed by atoms with Crippen molar-refractivity contribution in [3.63, 3.8) is 0 Å². The van der Waals surface area contributed by atoms with Gasteiger partial charge in [0.15, 0.2) is 0 Å². The molecule has 0 saturated heterocycles. The highest BCUT2D eigenvalue weighted by Gasteiger charge is 2.20. The number of hydrogen-bond donors (Lipinski definition) is 0. The molecule has 1 aromatic heterocycles. The van der Waals surface area contributed by atoms with Gasteiger partial charge in [0, 0.05) is 11.7 Å². The molecule has 0 N–H and O–H groups in total. The highest BCUT2D eigenvalue weighted by Crippen LogP contribution is 2.28. The van der Waals surface area contributed by atoms with Crippen LogP contribution in [0.1, 0.15) is 109 Å². The van der Waals surface area contributed by atoms with Gasteiger partial charge in [0.1, 0.15) is 5.82 Å². The monoisotopic (exact) mass is 306 g/mol. The van der Waals surface area contributed by atoms with Gasteiger partial charge in [-0.05, 0) is 45.4 Å². The third-order valence-electron chi connectivity index (χ3n) is 4.68. The molecule has 2 heteroatoms. The fourth-order valence-corrected chi connectivity index (χ4v) is 3.46. The van der Waals surface area contributed by atoms with E-state index in [0.29, 0.717) is 6.04 Å². The van der Waals surface area contributed by atoms with Gasteiger partial charge in [0.25, 0.3) is 0 Å². The van der Waals surface area contributed by atoms with E-state index in [0.717, 1.165) is 6.42 Å². The first-order valence-electron chi connectivity index (χ1n) is 9.75. The van der Waals surface area contributed by atoms with Crippen LogP contribution in [0, 0.1) is 6.92 Å². The van der Waals surface area contributed by atoms with Crippen molar-refractivity contribution in [1.82, 2.24) is 9.55 Å². The summed E-state index contributed by atoms with van der Waals surface area (Å²) < 4.78 is 2.62. The van der Waals surface area contributed by atoms with Crippen LogP contribution < -0.4 is 0 Å². The molecule has 0 aliphatic rings. The van der Waals surface area contributed by atoms with Crippen molar-refractivity contribution in [3.8, 4) is 0 Å². The van der Waals surface area contributed by atoms with Gasteiger partial charge in [-0.2, -0.15) is 0 Å². The largest absolute Gasteiger partial charge is 0.329 e. The van der Waals surface area contributed by atoms with Crippen molar-refractivity contribution in [1.29, 1.82) is 0 Å². The zero-order valence-corrected chi connectivity index (χ0v) is 15.7. The van der Waals surface area contributed by atoms with Crippen molar-refractivity contribution >= 4 is 0 Å². The number of hydrogen-bond acceptors (Lipinski definition) is 1. The van der Waals surface area contributed by atoms with Crippen LogP contribution in [0.3, 0.4) is 0 Å². The number of imidazole rings is 1. The third-order valence-corrected chi connectivity index (χ3v) is 4.68. The second-order valence-corrected chi connectivity index (χ2v) is 6.71. The summed E-state index contributed by atoms with van der Waals surface area (Å²) in [5.74, 6) is 1.26. The SMILES string of the molecule is CCCCc1nc(C)n(C(CCC)CCCC)c1CCCC. The topological polar surface area (TPSA) is 17.8 Å². The third kappa shape index (κ3) is 5.44. The van der Waals surface area contributed by atoms with E-state index in [2.05, 4.69) is 39.2 Å². The number of aromatic nitrogens is 2. The predicted octanol–water partition coefficient (Wildman–Crippen LogP) is 6.41. The first kappa shape index (κ1) is 19.3. The second kappa shape index (κ2) is 10.9. The van der Waals surface area contributed by atoms with E-state index in [1.807, 2.05) is 0 Å². The Balaban J connectivity index is 3.08. The molecule has 0 aliphatic heterocycles. The molecule has 0 saturated carbocycles. The van der Waals surface area contributed by atoms with Crippen LogP contribution in [0.4, 0.5) is 0 Å². The lowest BCUT2D eigenvalue weighted by Gasteiger charge is -2.23. The molecule has 1 rings (SSSR count). The molecule has 128 valence electrons. The number of aryl methyl sites for hydroxylation is 2. The summed E-state index contributed by atoms with van der Waals surface area (Å²) in [6.07, 6.45) is 14.0. The van der Waals surface area contributed by atoms with Crippen LogP contribution in [-0.2, 0) is 12.8 Å². The number of nitrogens with zero attached hydrogens (tertiary/aromatic N) is 2. The predicted molar refractivity (Wildman–Crippen MR) is 97.7 cm³/mol. The van der Waals surface area contributed by atoms with Gasteiger partial charge in [-0.3, -0.25) is 0 Å². The minimum Gasteiger partial charge on any atom is -0.329 e. The molecule has 2 nitrogen and oxygen atoms in total. The smallest absolute Gasteiger partial charge is 0.106 e. The molecule has 0 aromatic carbocycles. The summed E-state index contributed by atoms with van der Waals surface area (Å²) in [5.41, 5.74) is 2.95. The van der Waals surface area contributed by atoms with Crippen LogP contribution in [-0.4, -0.2) is 9.55 Å². The molecule has 0 aliphatic carbocycles. The van der Waals surface area contributed by atoms with Crippen LogP contribution >= 0.6 is 0 Å². The van der Waals surface area contributed by atoms with Crippen LogP contribution in [0.2, 0.25) is 0 Å². The number of rotatable bonds is 12. The molecule has 22 heavy (non-hydrogen) atoms.